The van der Waals surface area contributed by atoms with Crippen LogP contribution < -0.4 is 5.32 Å². The number of nitrogens with one attached hydrogen (secondary N) is 1. The van der Waals surface area contributed by atoms with E-state index in [-0.39, 0.29) is 11.9 Å². The van der Waals surface area contributed by atoms with E-state index in [2.05, 4.69) is 56.2 Å². The molecule has 1 N–H and O–H groups in total. The number of benzene rings is 2. The summed E-state index contributed by atoms with van der Waals surface area (Å²) in [4.78, 5) is 0. The fourth-order valence-corrected chi connectivity index (χ4v) is 2.95. The summed E-state index contributed by atoms with van der Waals surface area (Å²) in [5.74, 6) is -0.248. The summed E-state index contributed by atoms with van der Waals surface area (Å²) in [6, 6.07) is 11.3. The van der Waals surface area contributed by atoms with Gasteiger partial charge in [-0.05, 0) is 59.2 Å². The summed E-state index contributed by atoms with van der Waals surface area (Å²) < 4.78 is 14.9. The van der Waals surface area contributed by atoms with Gasteiger partial charge in [-0.3, -0.25) is 0 Å². The zero-order valence-electron chi connectivity index (χ0n) is 10.7. The van der Waals surface area contributed by atoms with E-state index in [1.54, 1.807) is 6.07 Å². The lowest BCUT2D eigenvalue weighted by Gasteiger charge is -2.19. The Kier molecular flexibility index (Phi) is 4.76. The normalized spacial score (nSPS) is 12.5. The Bertz CT molecular complexity index is 599. The summed E-state index contributed by atoms with van der Waals surface area (Å²) in [5, 5.41) is 3.28. The number of aryl methyl sites for hydroxylation is 1. The third-order valence-electron chi connectivity index (χ3n) is 3.03. The molecular formula is C15H14Br2FN. The van der Waals surface area contributed by atoms with Crippen molar-refractivity contribution in [3.05, 3.63) is 67.9 Å². The number of rotatable bonds is 3. The Hall–Kier alpha value is -0.710. The highest BCUT2D eigenvalue weighted by molar-refractivity contribution is 9.10. The predicted octanol–water partition coefficient (Wildman–Crippen LogP) is 4.97. The maximum absolute atomic E-state index is 13.3. The van der Waals surface area contributed by atoms with E-state index in [4.69, 9.17) is 0 Å². The molecule has 0 aliphatic carbocycles. The Morgan fingerprint density at radius 2 is 1.79 bits per heavy atom. The van der Waals surface area contributed by atoms with Gasteiger partial charge in [0, 0.05) is 4.47 Å². The third kappa shape index (κ3) is 3.25. The van der Waals surface area contributed by atoms with Crippen molar-refractivity contribution in [2.45, 2.75) is 13.0 Å². The molecule has 0 aliphatic heterocycles. The first-order valence-corrected chi connectivity index (χ1v) is 7.50. The van der Waals surface area contributed by atoms with Crippen LogP contribution in [-0.4, -0.2) is 7.05 Å². The van der Waals surface area contributed by atoms with Crippen molar-refractivity contribution < 1.29 is 4.39 Å². The zero-order valence-corrected chi connectivity index (χ0v) is 13.8. The van der Waals surface area contributed by atoms with Gasteiger partial charge in [-0.25, -0.2) is 4.39 Å². The molecule has 2 rings (SSSR count). The molecule has 2 aromatic carbocycles. The van der Waals surface area contributed by atoms with E-state index >= 15 is 0 Å². The van der Waals surface area contributed by atoms with Crippen molar-refractivity contribution in [2.24, 2.45) is 0 Å². The van der Waals surface area contributed by atoms with Gasteiger partial charge in [-0.2, -0.15) is 0 Å². The first-order valence-electron chi connectivity index (χ1n) is 5.91. The second-order valence-corrected chi connectivity index (χ2v) is 6.13. The molecule has 0 aliphatic rings. The summed E-state index contributed by atoms with van der Waals surface area (Å²) in [7, 11) is 1.90. The molecule has 0 fully saturated rings. The highest BCUT2D eigenvalue weighted by Crippen LogP contribution is 2.31. The van der Waals surface area contributed by atoms with Crippen molar-refractivity contribution in [3.8, 4) is 0 Å². The Morgan fingerprint density at radius 1 is 1.05 bits per heavy atom. The van der Waals surface area contributed by atoms with Gasteiger partial charge >= 0.3 is 0 Å². The van der Waals surface area contributed by atoms with Gasteiger partial charge in [0.15, 0.2) is 0 Å². The van der Waals surface area contributed by atoms with Crippen molar-refractivity contribution in [3.63, 3.8) is 0 Å². The van der Waals surface area contributed by atoms with Crippen LogP contribution in [0.3, 0.4) is 0 Å². The smallest absolute Gasteiger partial charge is 0.137 e. The molecule has 2 aromatic rings. The SMILES string of the molecule is CNC(c1ccc(F)c(Br)c1)c1cc(C)ccc1Br. The molecule has 0 saturated heterocycles. The number of halogens is 3. The lowest BCUT2D eigenvalue weighted by atomic mass is 9.97. The van der Waals surface area contributed by atoms with Crippen molar-refractivity contribution in [2.75, 3.05) is 7.05 Å². The molecule has 100 valence electrons. The van der Waals surface area contributed by atoms with Gasteiger partial charge in [0.1, 0.15) is 5.82 Å². The molecule has 1 nitrogen and oxygen atoms in total. The van der Waals surface area contributed by atoms with Gasteiger partial charge in [-0.1, -0.05) is 39.7 Å². The molecule has 0 amide bonds. The standard InChI is InChI=1S/C15H14Br2FN/c1-9-3-5-12(16)11(7-9)15(19-2)10-4-6-14(18)13(17)8-10/h3-8,15,19H,1-2H3. The van der Waals surface area contributed by atoms with Crippen LogP contribution in [0.25, 0.3) is 0 Å². The molecule has 0 saturated carbocycles. The minimum Gasteiger partial charge on any atom is -0.309 e. The molecule has 0 radical (unpaired) electrons. The quantitative estimate of drug-likeness (QED) is 0.785. The van der Waals surface area contributed by atoms with Crippen LogP contribution in [0.2, 0.25) is 0 Å². The van der Waals surface area contributed by atoms with Gasteiger partial charge < -0.3 is 5.32 Å². The Labute approximate surface area is 129 Å². The van der Waals surface area contributed by atoms with E-state index in [1.165, 1.54) is 11.6 Å². The molecule has 4 heteroatoms. The van der Waals surface area contributed by atoms with Crippen LogP contribution in [0.1, 0.15) is 22.7 Å². The van der Waals surface area contributed by atoms with E-state index in [0.29, 0.717) is 4.47 Å². The fraction of sp³-hybridized carbons (Fsp3) is 0.200. The number of hydrogen-bond acceptors (Lipinski definition) is 1. The van der Waals surface area contributed by atoms with E-state index < -0.39 is 0 Å². The highest BCUT2D eigenvalue weighted by atomic mass is 79.9. The topological polar surface area (TPSA) is 12.0 Å². The minimum absolute atomic E-state index is 0.0196. The molecular weight excluding hydrogens is 373 g/mol. The molecule has 19 heavy (non-hydrogen) atoms. The molecule has 1 unspecified atom stereocenters. The van der Waals surface area contributed by atoms with Crippen LogP contribution in [0.4, 0.5) is 4.39 Å². The van der Waals surface area contributed by atoms with E-state index in [9.17, 15) is 4.39 Å². The second kappa shape index (κ2) is 6.16. The van der Waals surface area contributed by atoms with Crippen LogP contribution in [-0.2, 0) is 0 Å². The first kappa shape index (κ1) is 14.7. The Balaban J connectivity index is 2.49. The van der Waals surface area contributed by atoms with Crippen LogP contribution in [0, 0.1) is 12.7 Å². The molecule has 0 aromatic heterocycles. The average Bonchev–Trinajstić information content (AvgIpc) is 2.38. The molecule has 0 heterocycles. The minimum atomic E-state index is -0.248. The van der Waals surface area contributed by atoms with Crippen LogP contribution in [0.5, 0.6) is 0 Å². The van der Waals surface area contributed by atoms with E-state index in [1.807, 2.05) is 19.2 Å². The highest BCUT2D eigenvalue weighted by Gasteiger charge is 2.16. The van der Waals surface area contributed by atoms with Gasteiger partial charge in [0.05, 0.1) is 10.5 Å². The lowest BCUT2D eigenvalue weighted by molar-refractivity contribution is 0.616. The van der Waals surface area contributed by atoms with Gasteiger partial charge in [-0.15, -0.1) is 0 Å². The monoisotopic (exact) mass is 385 g/mol. The summed E-state index contributed by atoms with van der Waals surface area (Å²) in [5.41, 5.74) is 3.35. The molecule has 0 spiro atoms. The molecule has 1 atom stereocenters. The van der Waals surface area contributed by atoms with Crippen molar-refractivity contribution >= 4 is 31.9 Å². The average molecular weight is 387 g/mol. The molecule has 0 bridgehead atoms. The Morgan fingerprint density at radius 3 is 2.42 bits per heavy atom. The van der Waals surface area contributed by atoms with Gasteiger partial charge in [0.25, 0.3) is 0 Å². The summed E-state index contributed by atoms with van der Waals surface area (Å²) >= 11 is 6.81. The lowest BCUT2D eigenvalue weighted by Crippen LogP contribution is -2.18. The zero-order chi connectivity index (χ0) is 14.0. The predicted molar refractivity (Wildman–Crippen MR) is 83.9 cm³/mol. The summed E-state index contributed by atoms with van der Waals surface area (Å²) in [6.45, 7) is 2.06. The maximum Gasteiger partial charge on any atom is 0.137 e. The maximum atomic E-state index is 13.3. The van der Waals surface area contributed by atoms with Crippen LogP contribution in [0.15, 0.2) is 45.3 Å². The van der Waals surface area contributed by atoms with Crippen molar-refractivity contribution in [1.82, 2.24) is 5.32 Å². The van der Waals surface area contributed by atoms with E-state index in [0.717, 1.165) is 15.6 Å². The largest absolute Gasteiger partial charge is 0.309 e. The first-order chi connectivity index (χ1) is 9.02. The third-order valence-corrected chi connectivity index (χ3v) is 4.36. The van der Waals surface area contributed by atoms with Crippen LogP contribution >= 0.6 is 31.9 Å². The number of hydrogen-bond donors (Lipinski definition) is 1. The fourth-order valence-electron chi connectivity index (χ4n) is 2.08. The summed E-state index contributed by atoms with van der Waals surface area (Å²) in [6.07, 6.45) is 0. The second-order valence-electron chi connectivity index (χ2n) is 4.42. The van der Waals surface area contributed by atoms with Gasteiger partial charge in [0.2, 0.25) is 0 Å². The van der Waals surface area contributed by atoms with Crippen molar-refractivity contribution in [1.29, 1.82) is 0 Å².